The summed E-state index contributed by atoms with van der Waals surface area (Å²) in [6, 6.07) is 15.1. The molecule has 0 saturated carbocycles. The Morgan fingerprint density at radius 2 is 1.46 bits per heavy atom. The van der Waals surface area contributed by atoms with Crippen molar-refractivity contribution >= 4 is 46.4 Å². The van der Waals surface area contributed by atoms with Crippen molar-refractivity contribution in [2.45, 2.75) is 52.4 Å². The Labute approximate surface area is 202 Å². The van der Waals surface area contributed by atoms with Gasteiger partial charge in [-0.2, -0.15) is 0 Å². The molecule has 0 unspecified atom stereocenters. The van der Waals surface area contributed by atoms with Gasteiger partial charge in [0.25, 0.3) is 5.69 Å². The second-order valence-corrected chi connectivity index (χ2v) is 11.5. The van der Waals surface area contributed by atoms with Gasteiger partial charge in [-0.1, -0.05) is 47.6 Å². The molecule has 1 aliphatic rings. The average Bonchev–Trinajstić information content (AvgIpc) is 3.10. The monoisotopic (exact) mass is 475 g/mol. The van der Waals surface area contributed by atoms with Crippen molar-refractivity contribution in [1.29, 1.82) is 0 Å². The highest BCUT2D eigenvalue weighted by Gasteiger charge is 2.50. The minimum atomic E-state index is -4.25. The lowest BCUT2D eigenvalue weighted by Gasteiger charge is -2.30. The predicted molar refractivity (Wildman–Crippen MR) is 138 cm³/mol. The highest BCUT2D eigenvalue weighted by atomic mass is 19.2. The minimum Gasteiger partial charge on any atom is -0.389 e. The van der Waals surface area contributed by atoms with Crippen molar-refractivity contribution in [3.8, 4) is 0 Å². The Kier molecular flexibility index (Phi) is 4.79. The smallest absolute Gasteiger partial charge is 0.389 e. The number of hydrogen-bond donors (Lipinski definition) is 0. The van der Waals surface area contributed by atoms with Crippen molar-refractivity contribution in [2.75, 3.05) is 0 Å². The normalized spacial score (nSPS) is 15.5. The molecular weight excluding hydrogens is 447 g/mol. The van der Waals surface area contributed by atoms with Gasteiger partial charge in [-0.3, -0.25) is 10.1 Å². The Balaban J connectivity index is 1.87. The van der Waals surface area contributed by atoms with Gasteiger partial charge in [0, 0.05) is 46.1 Å². The van der Waals surface area contributed by atoms with Crippen LogP contribution in [0.5, 0.6) is 0 Å². The van der Waals surface area contributed by atoms with E-state index in [4.69, 9.17) is 0 Å². The van der Waals surface area contributed by atoms with Crippen LogP contribution < -0.4 is 0 Å². The molecule has 0 radical (unpaired) electrons. The van der Waals surface area contributed by atoms with Gasteiger partial charge in [0.2, 0.25) is 0 Å². The van der Waals surface area contributed by atoms with Crippen LogP contribution in [0.2, 0.25) is 0 Å². The molecule has 4 aromatic rings. The second kappa shape index (κ2) is 7.23. The maximum atomic E-state index is 16.3. The third-order valence-electron chi connectivity index (χ3n) is 6.94. The van der Waals surface area contributed by atoms with Crippen LogP contribution in [0.4, 0.5) is 20.0 Å². The maximum Gasteiger partial charge on any atom is 0.737 e. The van der Waals surface area contributed by atoms with Gasteiger partial charge in [-0.15, -0.1) is 0 Å². The summed E-state index contributed by atoms with van der Waals surface area (Å²) in [6.45, 7) is 8.40. The van der Waals surface area contributed by atoms with Gasteiger partial charge in [0.15, 0.2) is 5.69 Å². The standard InChI is InChI=1S/C27H28BF2N3O2/c1-26(2,3)18-7-12-24-22(14-18)23-15-19(27(4,5)6)13-17-16-31(28(29,30)32(24)25(17)23)20-8-10-21(11-9-20)33(34)35/h7-16H,1-6H3. The number of nitro benzene ring substituents is 1. The van der Waals surface area contributed by atoms with Crippen molar-refractivity contribution in [3.05, 3.63) is 81.4 Å². The van der Waals surface area contributed by atoms with Crippen LogP contribution in [0.15, 0.2) is 54.6 Å². The lowest BCUT2D eigenvalue weighted by molar-refractivity contribution is -0.385. The van der Waals surface area contributed by atoms with Crippen LogP contribution in [0, 0.1) is 10.1 Å². The molecule has 3 aromatic carbocycles. The molecule has 8 heteroatoms. The van der Waals surface area contributed by atoms with Crippen LogP contribution in [-0.4, -0.2) is 27.1 Å². The van der Waals surface area contributed by atoms with E-state index in [-0.39, 0.29) is 22.2 Å². The van der Waals surface area contributed by atoms with Crippen LogP contribution >= 0.6 is 0 Å². The molecular formula is C27H28BF2N3O2. The molecule has 1 aliphatic heterocycles. The molecule has 0 amide bonds. The Morgan fingerprint density at radius 3 is 2.03 bits per heavy atom. The molecule has 0 spiro atoms. The molecule has 1 aromatic heterocycles. The van der Waals surface area contributed by atoms with Crippen molar-refractivity contribution in [3.63, 3.8) is 0 Å². The molecule has 35 heavy (non-hydrogen) atoms. The minimum absolute atomic E-state index is 0.127. The molecule has 0 fully saturated rings. The topological polar surface area (TPSA) is 51.1 Å². The summed E-state index contributed by atoms with van der Waals surface area (Å²) in [5.74, 6) is 0. The van der Waals surface area contributed by atoms with Crippen molar-refractivity contribution in [1.82, 2.24) is 4.48 Å². The average molecular weight is 475 g/mol. The van der Waals surface area contributed by atoms with Gasteiger partial charge in [-0.05, 0) is 46.2 Å². The number of fused-ring (bicyclic) bond motifs is 3. The first kappa shape index (κ1) is 23.2. The zero-order valence-corrected chi connectivity index (χ0v) is 20.8. The van der Waals surface area contributed by atoms with Crippen LogP contribution in [0.1, 0.15) is 58.2 Å². The Morgan fingerprint density at radius 1 is 0.857 bits per heavy atom. The SMILES string of the molecule is CC(C)(C)c1ccc2c(c1)c1cc(C(C)(C)C)cc3c1n2[B-](F)(F)[N+](c1ccc([N+](=O)[O-])cc1)=C3. The number of aromatic nitrogens is 1. The summed E-state index contributed by atoms with van der Waals surface area (Å²) in [4.78, 5) is 10.5. The Hall–Kier alpha value is -3.55. The number of benzene rings is 3. The van der Waals surface area contributed by atoms with E-state index in [1.807, 2.05) is 24.3 Å². The first-order valence-electron chi connectivity index (χ1n) is 11.7. The van der Waals surface area contributed by atoms with Gasteiger partial charge in [0.05, 0.1) is 10.5 Å². The molecule has 5 rings (SSSR count). The van der Waals surface area contributed by atoms with E-state index < -0.39 is 11.9 Å². The number of nitrogens with zero attached hydrogens (tertiary/aromatic N) is 3. The van der Waals surface area contributed by atoms with E-state index in [0.717, 1.165) is 26.4 Å². The maximum absolute atomic E-state index is 16.3. The van der Waals surface area contributed by atoms with Crippen molar-refractivity contribution in [2.24, 2.45) is 0 Å². The third-order valence-corrected chi connectivity index (χ3v) is 6.94. The van der Waals surface area contributed by atoms with Gasteiger partial charge in [-0.25, -0.2) is 0 Å². The summed E-state index contributed by atoms with van der Waals surface area (Å²) in [5, 5.41) is 12.7. The first-order valence-corrected chi connectivity index (χ1v) is 11.7. The molecule has 0 bridgehead atoms. The number of hydrogen-bond acceptors (Lipinski definition) is 2. The molecule has 180 valence electrons. The number of non-ortho nitro benzene ring substituents is 1. The van der Waals surface area contributed by atoms with Gasteiger partial charge < -0.3 is 17.6 Å². The molecule has 0 N–H and O–H groups in total. The highest BCUT2D eigenvalue weighted by molar-refractivity contribution is 6.60. The first-order chi connectivity index (χ1) is 16.2. The Bertz CT molecular complexity index is 1560. The lowest BCUT2D eigenvalue weighted by atomic mass is 9.83. The van der Waals surface area contributed by atoms with E-state index in [1.54, 1.807) is 6.07 Å². The zero-order chi connectivity index (χ0) is 25.5. The lowest BCUT2D eigenvalue weighted by Crippen LogP contribution is -2.47. The zero-order valence-electron chi connectivity index (χ0n) is 20.8. The predicted octanol–water partition coefficient (Wildman–Crippen LogP) is 7.30. The third kappa shape index (κ3) is 3.54. The van der Waals surface area contributed by atoms with Gasteiger partial charge >= 0.3 is 6.97 Å². The molecule has 0 saturated heterocycles. The van der Waals surface area contributed by atoms with Gasteiger partial charge in [0.1, 0.15) is 6.21 Å². The largest absolute Gasteiger partial charge is 0.737 e. The van der Waals surface area contributed by atoms with Crippen LogP contribution in [0.3, 0.4) is 0 Å². The summed E-state index contributed by atoms with van der Waals surface area (Å²) in [7, 11) is 0. The quantitative estimate of drug-likeness (QED) is 0.174. The van der Waals surface area contributed by atoms with E-state index >= 15 is 8.63 Å². The molecule has 0 aliphatic carbocycles. The van der Waals surface area contributed by atoms with E-state index in [1.165, 1.54) is 35.0 Å². The van der Waals surface area contributed by atoms with Crippen LogP contribution in [0.25, 0.3) is 21.8 Å². The fourth-order valence-electron chi connectivity index (χ4n) is 4.90. The number of rotatable bonds is 2. The molecule has 2 heterocycles. The number of halogens is 2. The fraction of sp³-hybridized carbons (Fsp3) is 0.296. The van der Waals surface area contributed by atoms with E-state index in [9.17, 15) is 10.1 Å². The summed E-state index contributed by atoms with van der Waals surface area (Å²) >= 11 is 0. The summed E-state index contributed by atoms with van der Waals surface area (Å²) in [6.07, 6.45) is 1.49. The van der Waals surface area contributed by atoms with Crippen LogP contribution in [-0.2, 0) is 10.8 Å². The van der Waals surface area contributed by atoms with Crippen molar-refractivity contribution < 1.29 is 18.0 Å². The molecule has 0 atom stereocenters. The summed E-state index contributed by atoms with van der Waals surface area (Å²) in [5.41, 5.74) is 3.58. The fourth-order valence-corrected chi connectivity index (χ4v) is 4.90. The highest BCUT2D eigenvalue weighted by Crippen LogP contribution is 2.42. The van der Waals surface area contributed by atoms with E-state index in [2.05, 4.69) is 41.5 Å². The summed E-state index contributed by atoms with van der Waals surface area (Å²) < 4.78 is 34.7. The molecule has 5 nitrogen and oxygen atoms in total. The number of nitro groups is 1. The van der Waals surface area contributed by atoms with E-state index in [0.29, 0.717) is 16.6 Å². The second-order valence-electron chi connectivity index (χ2n) is 11.5.